The Labute approximate surface area is 132 Å². The SMILES string of the molecule is C/C=C\c1c(C(N)=O)c(C)c([C@@H](C)[C@@H]2CCCOCC2)n1N. The number of carbonyl (C=O) groups excluding carboxylic acids is 1. The first kappa shape index (κ1) is 16.6. The van der Waals surface area contributed by atoms with Gasteiger partial charge in [-0.05, 0) is 50.7 Å². The summed E-state index contributed by atoms with van der Waals surface area (Å²) in [5.41, 5.74) is 8.71. The van der Waals surface area contributed by atoms with Gasteiger partial charge in [-0.1, -0.05) is 13.0 Å². The minimum atomic E-state index is -0.424. The molecule has 22 heavy (non-hydrogen) atoms. The van der Waals surface area contributed by atoms with E-state index in [1.54, 1.807) is 4.68 Å². The van der Waals surface area contributed by atoms with Crippen LogP contribution in [-0.2, 0) is 4.74 Å². The summed E-state index contributed by atoms with van der Waals surface area (Å²) < 4.78 is 7.20. The predicted octanol–water partition coefficient (Wildman–Crippen LogP) is 2.56. The van der Waals surface area contributed by atoms with Crippen molar-refractivity contribution in [2.24, 2.45) is 11.7 Å². The number of carbonyl (C=O) groups is 1. The van der Waals surface area contributed by atoms with Crippen molar-refractivity contribution in [2.75, 3.05) is 19.1 Å². The molecule has 5 nitrogen and oxygen atoms in total. The van der Waals surface area contributed by atoms with Gasteiger partial charge in [-0.15, -0.1) is 0 Å². The van der Waals surface area contributed by atoms with E-state index >= 15 is 0 Å². The molecule has 0 radical (unpaired) electrons. The van der Waals surface area contributed by atoms with Crippen molar-refractivity contribution in [1.29, 1.82) is 0 Å². The van der Waals surface area contributed by atoms with Gasteiger partial charge in [0.1, 0.15) is 0 Å². The third-order valence-corrected chi connectivity index (χ3v) is 4.74. The summed E-state index contributed by atoms with van der Waals surface area (Å²) in [7, 11) is 0. The van der Waals surface area contributed by atoms with Crippen LogP contribution in [0.5, 0.6) is 0 Å². The van der Waals surface area contributed by atoms with Gasteiger partial charge in [-0.2, -0.15) is 0 Å². The molecule has 2 rings (SSSR count). The van der Waals surface area contributed by atoms with Gasteiger partial charge in [0.2, 0.25) is 0 Å². The van der Waals surface area contributed by atoms with Crippen molar-refractivity contribution in [2.45, 2.75) is 46.0 Å². The molecule has 0 spiro atoms. The van der Waals surface area contributed by atoms with Crippen molar-refractivity contribution < 1.29 is 9.53 Å². The van der Waals surface area contributed by atoms with Crippen LogP contribution in [0.1, 0.15) is 66.3 Å². The normalized spacial score (nSPS) is 21.0. The van der Waals surface area contributed by atoms with E-state index in [0.717, 1.165) is 43.7 Å². The maximum absolute atomic E-state index is 11.8. The highest BCUT2D eigenvalue weighted by Gasteiger charge is 2.29. The number of primary amides is 1. The standard InChI is InChI=1S/C17H27N3O2/c1-4-6-14-15(17(18)21)12(3)16(20(14)19)11(2)13-7-5-9-22-10-8-13/h4,6,11,13H,5,7-10,19H2,1-3H3,(H2,18,21)/b6-4-/t11-,13+/m0/s1. The second kappa shape index (κ2) is 7.01. The van der Waals surface area contributed by atoms with Gasteiger partial charge in [0.15, 0.2) is 0 Å². The molecule has 0 aromatic carbocycles. The monoisotopic (exact) mass is 305 g/mol. The number of hydrogen-bond donors (Lipinski definition) is 2. The molecule has 1 amide bonds. The third-order valence-electron chi connectivity index (χ3n) is 4.74. The molecule has 5 heteroatoms. The number of aromatic nitrogens is 1. The van der Waals surface area contributed by atoms with Crippen LogP contribution in [-0.4, -0.2) is 23.8 Å². The van der Waals surface area contributed by atoms with Gasteiger partial charge in [-0.25, -0.2) is 0 Å². The molecule has 1 fully saturated rings. The Morgan fingerprint density at radius 2 is 2.14 bits per heavy atom. The average Bonchev–Trinajstić information content (AvgIpc) is 2.66. The Morgan fingerprint density at radius 3 is 2.77 bits per heavy atom. The number of nitrogens with two attached hydrogens (primary N) is 2. The quantitative estimate of drug-likeness (QED) is 0.839. The largest absolute Gasteiger partial charge is 0.381 e. The first-order chi connectivity index (χ1) is 10.5. The smallest absolute Gasteiger partial charge is 0.251 e. The molecular weight excluding hydrogens is 278 g/mol. The Kier molecular flexibility index (Phi) is 5.29. The van der Waals surface area contributed by atoms with Gasteiger partial charge in [-0.3, -0.25) is 9.47 Å². The van der Waals surface area contributed by atoms with E-state index in [1.807, 2.05) is 26.0 Å². The summed E-state index contributed by atoms with van der Waals surface area (Å²) in [5, 5.41) is 0. The summed E-state index contributed by atoms with van der Waals surface area (Å²) in [6.07, 6.45) is 6.94. The van der Waals surface area contributed by atoms with Crippen molar-refractivity contribution >= 4 is 12.0 Å². The minimum absolute atomic E-state index is 0.267. The number of nitrogen functional groups attached to an aromatic ring is 1. The fourth-order valence-electron chi connectivity index (χ4n) is 3.60. The lowest BCUT2D eigenvalue weighted by Crippen LogP contribution is -2.21. The molecule has 1 saturated heterocycles. The van der Waals surface area contributed by atoms with Crippen LogP contribution in [0.25, 0.3) is 6.08 Å². The summed E-state index contributed by atoms with van der Waals surface area (Å²) >= 11 is 0. The maximum Gasteiger partial charge on any atom is 0.251 e. The lowest BCUT2D eigenvalue weighted by molar-refractivity contribution is 0.0999. The van der Waals surface area contributed by atoms with Gasteiger partial charge in [0, 0.05) is 24.8 Å². The van der Waals surface area contributed by atoms with E-state index in [9.17, 15) is 4.79 Å². The van der Waals surface area contributed by atoms with Crippen LogP contribution in [0.3, 0.4) is 0 Å². The zero-order valence-corrected chi connectivity index (χ0v) is 13.8. The van der Waals surface area contributed by atoms with Crippen LogP contribution in [0.4, 0.5) is 0 Å². The maximum atomic E-state index is 11.8. The van der Waals surface area contributed by atoms with Crippen LogP contribution >= 0.6 is 0 Å². The van der Waals surface area contributed by atoms with E-state index < -0.39 is 5.91 Å². The fourth-order valence-corrected chi connectivity index (χ4v) is 3.60. The number of nitrogens with zero attached hydrogens (tertiary/aromatic N) is 1. The Bertz CT molecular complexity index is 567. The molecule has 0 saturated carbocycles. The predicted molar refractivity (Wildman–Crippen MR) is 89.1 cm³/mol. The molecule has 4 N–H and O–H groups in total. The summed E-state index contributed by atoms with van der Waals surface area (Å²) in [6, 6.07) is 0. The molecule has 1 aromatic heterocycles. The average molecular weight is 305 g/mol. The summed E-state index contributed by atoms with van der Waals surface area (Å²) in [5.74, 6) is 6.66. The first-order valence-electron chi connectivity index (χ1n) is 7.99. The third kappa shape index (κ3) is 3.04. The Hall–Kier alpha value is -1.75. The molecule has 2 heterocycles. The minimum Gasteiger partial charge on any atom is -0.381 e. The molecule has 0 aliphatic carbocycles. The number of hydrogen-bond acceptors (Lipinski definition) is 3. The van der Waals surface area contributed by atoms with E-state index in [4.69, 9.17) is 16.3 Å². The summed E-state index contributed by atoms with van der Waals surface area (Å²) in [4.78, 5) is 11.8. The van der Waals surface area contributed by atoms with Crippen LogP contribution in [0, 0.1) is 12.8 Å². The second-order valence-corrected chi connectivity index (χ2v) is 6.10. The fraction of sp³-hybridized carbons (Fsp3) is 0.588. The van der Waals surface area contributed by atoms with Crippen molar-refractivity contribution in [3.05, 3.63) is 28.6 Å². The molecular formula is C17H27N3O2. The van der Waals surface area contributed by atoms with Gasteiger partial charge in [0.05, 0.1) is 11.3 Å². The van der Waals surface area contributed by atoms with Gasteiger partial charge < -0.3 is 16.3 Å². The zero-order chi connectivity index (χ0) is 16.3. The summed E-state index contributed by atoms with van der Waals surface area (Å²) in [6.45, 7) is 7.66. The molecule has 0 unspecified atom stereocenters. The highest BCUT2D eigenvalue weighted by Crippen LogP contribution is 2.36. The van der Waals surface area contributed by atoms with Crippen LogP contribution < -0.4 is 11.6 Å². The van der Waals surface area contributed by atoms with Gasteiger partial charge in [0.25, 0.3) is 5.91 Å². The van der Waals surface area contributed by atoms with Crippen LogP contribution in [0.2, 0.25) is 0 Å². The van der Waals surface area contributed by atoms with E-state index in [1.165, 1.54) is 0 Å². The van der Waals surface area contributed by atoms with Crippen molar-refractivity contribution in [3.8, 4) is 0 Å². The van der Waals surface area contributed by atoms with Crippen LogP contribution in [0.15, 0.2) is 6.08 Å². The highest BCUT2D eigenvalue weighted by atomic mass is 16.5. The number of rotatable bonds is 4. The zero-order valence-electron chi connectivity index (χ0n) is 13.8. The molecule has 1 aliphatic heterocycles. The lowest BCUT2D eigenvalue weighted by atomic mass is 9.84. The molecule has 0 bridgehead atoms. The second-order valence-electron chi connectivity index (χ2n) is 6.10. The Balaban J connectivity index is 2.45. The highest BCUT2D eigenvalue weighted by molar-refractivity contribution is 5.98. The number of allylic oxidation sites excluding steroid dienone is 1. The van der Waals surface area contributed by atoms with E-state index in [2.05, 4.69) is 6.92 Å². The van der Waals surface area contributed by atoms with E-state index in [0.29, 0.717) is 17.2 Å². The first-order valence-corrected chi connectivity index (χ1v) is 7.99. The molecule has 1 aromatic rings. The van der Waals surface area contributed by atoms with Gasteiger partial charge >= 0.3 is 0 Å². The van der Waals surface area contributed by atoms with E-state index in [-0.39, 0.29) is 5.92 Å². The van der Waals surface area contributed by atoms with Crippen molar-refractivity contribution in [3.63, 3.8) is 0 Å². The molecule has 2 atom stereocenters. The molecule has 122 valence electrons. The number of amides is 1. The lowest BCUT2D eigenvalue weighted by Gasteiger charge is -2.23. The van der Waals surface area contributed by atoms with Crippen molar-refractivity contribution in [1.82, 2.24) is 4.68 Å². The topological polar surface area (TPSA) is 83.3 Å². The Morgan fingerprint density at radius 1 is 1.41 bits per heavy atom. The molecule has 1 aliphatic rings. The number of ether oxygens (including phenoxy) is 1.